The minimum Gasteiger partial charge on any atom is -0.457 e. The number of nitrogens with zero attached hydrogens (tertiary/aromatic N) is 3. The van der Waals surface area contributed by atoms with E-state index in [-0.39, 0.29) is 0 Å². The predicted octanol–water partition coefficient (Wildman–Crippen LogP) is 26.2. The Morgan fingerprint density at radius 1 is 0.243 bits per heavy atom. The van der Waals surface area contributed by atoms with Gasteiger partial charge in [0, 0.05) is 115 Å². The van der Waals surface area contributed by atoms with Crippen LogP contribution < -0.4 is 9.47 Å². The molecule has 0 saturated heterocycles. The molecule has 9 heteroatoms. The lowest BCUT2D eigenvalue weighted by Crippen LogP contribution is -2.37. The van der Waals surface area contributed by atoms with Crippen LogP contribution in [0.4, 0.5) is 0 Å². The zero-order chi connectivity index (χ0) is 70.0. The van der Waals surface area contributed by atoms with Crippen LogP contribution in [0.1, 0.15) is 44.5 Å². The fourth-order valence-electron chi connectivity index (χ4n) is 19.3. The molecule has 16 aromatic carbocycles. The van der Waals surface area contributed by atoms with Gasteiger partial charge in [0.1, 0.15) is 45.3 Å². The molecule has 0 amide bonds. The Labute approximate surface area is 619 Å². The highest BCUT2D eigenvalue weighted by Gasteiger charge is 2.52. The van der Waals surface area contributed by atoms with Gasteiger partial charge in [0.05, 0.1) is 60.8 Å². The fourth-order valence-corrected chi connectivity index (χ4v) is 19.6. The molecule has 6 aromatic heterocycles. The normalized spacial score (nSPS) is 15.6. The van der Waals surface area contributed by atoms with Crippen molar-refractivity contribution in [3.8, 4) is 40.1 Å². The molecule has 0 radical (unpaired) electrons. The first-order valence-corrected chi connectivity index (χ1v) is 37.2. The Bertz CT molecular complexity index is 7650. The molecule has 0 fully saturated rings. The van der Waals surface area contributed by atoms with Crippen LogP contribution in [0, 0.1) is 0 Å². The van der Waals surface area contributed by atoms with Crippen LogP contribution in [0.5, 0.6) is 23.0 Å². The van der Waals surface area contributed by atoms with Crippen molar-refractivity contribution in [1.82, 2.24) is 18.7 Å². The summed E-state index contributed by atoms with van der Waals surface area (Å²) in [6.45, 7) is 0. The van der Waals surface area contributed by atoms with E-state index >= 15 is 0 Å². The van der Waals surface area contributed by atoms with Crippen molar-refractivity contribution in [3.63, 3.8) is 0 Å². The largest absolute Gasteiger partial charge is 0.457 e. The summed E-state index contributed by atoms with van der Waals surface area (Å²) in [4.78, 5) is 3.63. The molecule has 26 rings (SSSR count). The Morgan fingerprint density at radius 2 is 0.664 bits per heavy atom. The molecule has 10 heterocycles. The topological polar surface area (TPSA) is 75.3 Å². The minimum atomic E-state index is -0.628. The molecule has 8 nitrogen and oxygen atoms in total. The Kier molecular flexibility index (Phi) is 12.0. The van der Waals surface area contributed by atoms with E-state index in [0.717, 1.165) is 105 Å². The van der Waals surface area contributed by atoms with Crippen LogP contribution in [0.15, 0.2) is 353 Å². The van der Waals surface area contributed by atoms with E-state index in [1.54, 1.807) is 0 Å². The van der Waals surface area contributed by atoms with Crippen molar-refractivity contribution in [2.24, 2.45) is 0 Å². The average Bonchev–Trinajstić information content (AvgIpc) is 1.65. The molecule has 1 N–H and O–H groups in total. The molecule has 0 bridgehead atoms. The number of rotatable bonds is 1. The van der Waals surface area contributed by atoms with Gasteiger partial charge in [0.25, 0.3) is 0 Å². The van der Waals surface area contributed by atoms with E-state index < -0.39 is 10.8 Å². The summed E-state index contributed by atoms with van der Waals surface area (Å²) >= 11 is 3.46. The van der Waals surface area contributed by atoms with Gasteiger partial charge in [-0.15, -0.1) is 0 Å². The van der Waals surface area contributed by atoms with Gasteiger partial charge in [-0.2, -0.15) is 0 Å². The molecular formula is C98H57BrN4O4. The second kappa shape index (κ2) is 21.7. The van der Waals surface area contributed by atoms with Crippen molar-refractivity contribution in [2.75, 3.05) is 0 Å². The number of ether oxygens (including phenoxy) is 2. The van der Waals surface area contributed by atoms with E-state index in [9.17, 15) is 0 Å². The number of para-hydroxylation sites is 12. The van der Waals surface area contributed by atoms with Crippen LogP contribution in [-0.2, 0) is 10.8 Å². The van der Waals surface area contributed by atoms with Crippen molar-refractivity contribution in [2.45, 2.75) is 10.8 Å². The van der Waals surface area contributed by atoms with Crippen molar-refractivity contribution in [1.29, 1.82) is 0 Å². The average molecular weight is 1430 g/mol. The monoisotopic (exact) mass is 1430 g/mol. The molecule has 0 aliphatic carbocycles. The summed E-state index contributed by atoms with van der Waals surface area (Å²) in [5.41, 5.74) is 25.2. The number of hydrogen-bond donors (Lipinski definition) is 1. The van der Waals surface area contributed by atoms with Crippen LogP contribution in [0.2, 0.25) is 0 Å². The Hall–Kier alpha value is -13.6. The van der Waals surface area contributed by atoms with Crippen molar-refractivity contribution in [3.05, 3.63) is 389 Å². The summed E-state index contributed by atoms with van der Waals surface area (Å²) in [5.74, 6) is 3.55. The number of aromatic amines is 1. The Balaban J connectivity index is 0.000000110. The van der Waals surface area contributed by atoms with Crippen LogP contribution in [0.25, 0.3) is 148 Å². The van der Waals surface area contributed by atoms with E-state index in [0.29, 0.717) is 0 Å². The molecular weight excluding hydrogens is 1380 g/mol. The number of benzene rings is 16. The summed E-state index contributed by atoms with van der Waals surface area (Å²) in [6, 6.07) is 122. The van der Waals surface area contributed by atoms with E-state index in [2.05, 4.69) is 332 Å². The highest BCUT2D eigenvalue weighted by Crippen LogP contribution is 2.64. The molecule has 4 aliphatic heterocycles. The van der Waals surface area contributed by atoms with Gasteiger partial charge in [-0.1, -0.05) is 234 Å². The maximum Gasteiger partial charge on any atom is 0.135 e. The molecule has 2 unspecified atom stereocenters. The van der Waals surface area contributed by atoms with Crippen molar-refractivity contribution < 1.29 is 18.3 Å². The summed E-state index contributed by atoms with van der Waals surface area (Å²) in [5, 5.41) is 14.5. The number of furan rings is 2. The van der Waals surface area contributed by atoms with Crippen LogP contribution >= 0.6 is 15.9 Å². The quantitative estimate of drug-likeness (QED) is 0.178. The van der Waals surface area contributed by atoms with Gasteiger partial charge in [0.2, 0.25) is 0 Å². The van der Waals surface area contributed by atoms with Gasteiger partial charge in [-0.05, 0) is 131 Å². The van der Waals surface area contributed by atoms with Gasteiger partial charge in [0.15, 0.2) is 0 Å². The standard InChI is InChI=1S/C49H28N2O2.C37H22N2O.C12H7BrO/c1-7-20-41-30(12-1)33-15-11-18-38-48(33)51(41)42-21-8-4-16-36(42)49(38)37-17-5-10-23-46(37)53-47-28-43-34(27-39(47)49)31-13-2-6-19-40(31)50(43)29-24-25-45-35(26-29)32-14-3-9-22-44(32)52-45;1-5-16-30-22(10-1)25-20-29-35(21-31(25)38-30)40-34-19-8-4-14-27(34)37(29)26-13-3-7-18-33(26)39-32-17-6-2-11-23(32)24-12-9-15-28(37)36(24)39;13-8-5-6-12-10(7-8)9-3-1-2-4-11(9)14-12/h1-28H;1-21,38H;1-7H. The van der Waals surface area contributed by atoms with Gasteiger partial charge >= 0.3 is 0 Å². The second-order valence-electron chi connectivity index (χ2n) is 28.6. The Morgan fingerprint density at radius 3 is 1.25 bits per heavy atom. The number of H-pyrrole nitrogens is 1. The zero-order valence-electron chi connectivity index (χ0n) is 57.2. The molecule has 2 spiro atoms. The van der Waals surface area contributed by atoms with Crippen LogP contribution in [-0.4, -0.2) is 18.7 Å². The molecule has 22 aromatic rings. The predicted molar refractivity (Wildman–Crippen MR) is 438 cm³/mol. The number of nitrogens with one attached hydrogen (secondary N) is 1. The molecule has 2 atom stereocenters. The minimum absolute atomic E-state index is 0.544. The first kappa shape index (κ1) is 58.9. The maximum atomic E-state index is 7.04. The zero-order valence-corrected chi connectivity index (χ0v) is 58.8. The lowest BCUT2D eigenvalue weighted by atomic mass is 9.61. The SMILES string of the molecule is Brc1ccc2oc3ccccc3c2c1.c1ccc2c(c1)Oc1cc3[nH]c4ccccc4c3cc1C21c2ccccc2-n2c3ccccc3c3cccc1c32.c1ccc2c(c1)Oc1cc3c(cc1C21c2ccccc2-n2c4ccccc4c4cccc1c42)c1ccccc1n3-c1ccc2oc3ccccc3c2c1. The smallest absolute Gasteiger partial charge is 0.135 e. The third-order valence-corrected chi connectivity index (χ3v) is 24.0. The number of hydrogen-bond acceptors (Lipinski definition) is 4. The number of aromatic nitrogens is 4. The lowest BCUT2D eigenvalue weighted by molar-refractivity contribution is 0.434. The van der Waals surface area contributed by atoms with Gasteiger partial charge in [-0.3, -0.25) is 0 Å². The highest BCUT2D eigenvalue weighted by atomic mass is 79.9. The lowest BCUT2D eigenvalue weighted by Gasteiger charge is -2.45. The summed E-state index contributed by atoms with van der Waals surface area (Å²) in [7, 11) is 0. The molecule has 500 valence electrons. The van der Waals surface area contributed by atoms with Gasteiger partial charge in [-0.25, -0.2) is 0 Å². The van der Waals surface area contributed by atoms with Crippen molar-refractivity contribution >= 4 is 147 Å². The van der Waals surface area contributed by atoms with E-state index in [4.69, 9.17) is 18.3 Å². The van der Waals surface area contributed by atoms with E-state index in [1.165, 1.54) is 115 Å². The molecule has 0 saturated carbocycles. The number of halogens is 1. The third-order valence-electron chi connectivity index (χ3n) is 23.5. The third kappa shape index (κ3) is 7.84. The molecule has 4 aliphatic rings. The van der Waals surface area contributed by atoms with Gasteiger partial charge < -0.3 is 37.0 Å². The molecule has 107 heavy (non-hydrogen) atoms. The highest BCUT2D eigenvalue weighted by molar-refractivity contribution is 9.10. The van der Waals surface area contributed by atoms with E-state index in [1.807, 2.05) is 42.5 Å². The first-order valence-electron chi connectivity index (χ1n) is 36.4. The summed E-state index contributed by atoms with van der Waals surface area (Å²) < 4.78 is 34.1. The van der Waals surface area contributed by atoms with Crippen LogP contribution in [0.3, 0.4) is 0 Å². The maximum absolute atomic E-state index is 7.04. The second-order valence-corrected chi connectivity index (χ2v) is 29.6. The summed E-state index contributed by atoms with van der Waals surface area (Å²) in [6.07, 6.45) is 0. The fraction of sp³-hybridized carbons (Fsp3) is 0.0204. The first-order chi connectivity index (χ1) is 53.0. The number of fused-ring (bicyclic) bond motifs is 34.